The zero-order chi connectivity index (χ0) is 29.7. The maximum atomic E-state index is 13.3. The molecule has 2 N–H and O–H groups in total. The Morgan fingerprint density at radius 2 is 1.86 bits per heavy atom. The lowest BCUT2D eigenvalue weighted by Crippen LogP contribution is -2.45. The van der Waals surface area contributed by atoms with E-state index in [4.69, 9.17) is 20.6 Å². The molecule has 7 rings (SSSR count). The molecule has 1 atom stereocenters. The quantitative estimate of drug-likeness (QED) is 0.352. The van der Waals surface area contributed by atoms with Crippen LogP contribution < -0.4 is 5.73 Å². The third kappa shape index (κ3) is 5.31. The van der Waals surface area contributed by atoms with Crippen LogP contribution in [-0.2, 0) is 16.1 Å². The molecule has 2 saturated heterocycles. The minimum Gasteiger partial charge on any atom is -0.375 e. The van der Waals surface area contributed by atoms with E-state index >= 15 is 0 Å². The SMILES string of the molecule is COCC(=O)N1CCC(c2nccc3cc(-c4nn5cc(C(=O)N6CCCC(N)C6)ccc5c4C)n(CC4CC4)c23)CC1. The Kier molecular flexibility index (Phi) is 7.43. The Morgan fingerprint density at radius 1 is 1.05 bits per heavy atom. The van der Waals surface area contributed by atoms with E-state index in [1.165, 1.54) is 23.7 Å². The van der Waals surface area contributed by atoms with Gasteiger partial charge in [-0.1, -0.05) is 0 Å². The summed E-state index contributed by atoms with van der Waals surface area (Å²) in [5.41, 5.74) is 13.2. The lowest BCUT2D eigenvalue weighted by Gasteiger charge is -2.32. The van der Waals surface area contributed by atoms with E-state index in [9.17, 15) is 9.59 Å². The number of aryl methyl sites for hydroxylation is 1. The van der Waals surface area contributed by atoms with Crippen molar-refractivity contribution in [2.45, 2.75) is 64.0 Å². The van der Waals surface area contributed by atoms with E-state index in [1.54, 1.807) is 7.11 Å². The number of hydrogen-bond acceptors (Lipinski definition) is 6. The average molecular weight is 584 g/mol. The summed E-state index contributed by atoms with van der Waals surface area (Å²) >= 11 is 0. The van der Waals surface area contributed by atoms with Crippen molar-refractivity contribution in [3.8, 4) is 11.4 Å². The highest BCUT2D eigenvalue weighted by Crippen LogP contribution is 2.40. The maximum absolute atomic E-state index is 13.3. The summed E-state index contributed by atoms with van der Waals surface area (Å²) in [5, 5.41) is 6.26. The van der Waals surface area contributed by atoms with Crippen LogP contribution in [0.1, 0.15) is 66.1 Å². The van der Waals surface area contributed by atoms with Gasteiger partial charge in [0.2, 0.25) is 5.91 Å². The van der Waals surface area contributed by atoms with Crippen molar-refractivity contribution in [3.05, 3.63) is 53.5 Å². The van der Waals surface area contributed by atoms with Crippen molar-refractivity contribution in [2.75, 3.05) is 39.9 Å². The number of likely N-dealkylation sites (tertiary alicyclic amines) is 2. The monoisotopic (exact) mass is 583 g/mol. The smallest absolute Gasteiger partial charge is 0.255 e. The Bertz CT molecular complexity index is 1680. The summed E-state index contributed by atoms with van der Waals surface area (Å²) in [5.74, 6) is 1.02. The highest BCUT2D eigenvalue weighted by molar-refractivity contribution is 5.95. The number of carbonyl (C=O) groups excluding carboxylic acids is 2. The highest BCUT2D eigenvalue weighted by Gasteiger charge is 2.31. The zero-order valence-electron chi connectivity index (χ0n) is 25.2. The van der Waals surface area contributed by atoms with Crippen molar-refractivity contribution in [2.24, 2.45) is 11.7 Å². The van der Waals surface area contributed by atoms with Gasteiger partial charge in [0.05, 0.1) is 28.0 Å². The summed E-state index contributed by atoms with van der Waals surface area (Å²) < 4.78 is 9.39. The van der Waals surface area contributed by atoms with Crippen molar-refractivity contribution in [3.63, 3.8) is 0 Å². The van der Waals surface area contributed by atoms with Crippen LogP contribution in [0.3, 0.4) is 0 Å². The normalized spacial score (nSPS) is 19.9. The molecule has 3 aliphatic rings. The summed E-state index contributed by atoms with van der Waals surface area (Å²) in [6.45, 7) is 5.97. The predicted octanol–water partition coefficient (Wildman–Crippen LogP) is 3.99. The third-order valence-corrected chi connectivity index (χ3v) is 9.59. The van der Waals surface area contributed by atoms with Gasteiger partial charge in [0, 0.05) is 75.1 Å². The van der Waals surface area contributed by atoms with Crippen molar-refractivity contribution >= 4 is 28.2 Å². The number of piperidine rings is 2. The fraction of sp³-hybridized carbons (Fsp3) is 0.515. The number of methoxy groups -OCH3 is 1. The second-order valence-corrected chi connectivity index (χ2v) is 12.7. The molecule has 0 spiro atoms. The maximum Gasteiger partial charge on any atom is 0.255 e. The second kappa shape index (κ2) is 11.4. The molecule has 10 heteroatoms. The molecule has 1 aliphatic carbocycles. The first-order valence-electron chi connectivity index (χ1n) is 15.7. The molecule has 1 unspecified atom stereocenters. The van der Waals surface area contributed by atoms with Gasteiger partial charge in [-0.2, -0.15) is 5.10 Å². The van der Waals surface area contributed by atoms with Crippen LogP contribution in [0.5, 0.6) is 0 Å². The molecule has 0 bridgehead atoms. The Labute approximate surface area is 251 Å². The van der Waals surface area contributed by atoms with Crippen molar-refractivity contribution < 1.29 is 14.3 Å². The van der Waals surface area contributed by atoms with Crippen molar-refractivity contribution in [1.29, 1.82) is 0 Å². The molecule has 6 heterocycles. The van der Waals surface area contributed by atoms with Gasteiger partial charge in [-0.15, -0.1) is 0 Å². The summed E-state index contributed by atoms with van der Waals surface area (Å²) in [7, 11) is 1.57. The molecule has 3 fully saturated rings. The number of nitrogens with zero attached hydrogens (tertiary/aromatic N) is 6. The number of carbonyl (C=O) groups is 2. The van der Waals surface area contributed by atoms with Gasteiger partial charge in [-0.3, -0.25) is 14.6 Å². The van der Waals surface area contributed by atoms with Crippen molar-refractivity contribution in [1.82, 2.24) is 29.0 Å². The Morgan fingerprint density at radius 3 is 2.60 bits per heavy atom. The van der Waals surface area contributed by atoms with Crippen LogP contribution >= 0.6 is 0 Å². The van der Waals surface area contributed by atoms with E-state index in [1.807, 2.05) is 38.8 Å². The minimum absolute atomic E-state index is 0.0142. The van der Waals surface area contributed by atoms with E-state index in [0.717, 1.165) is 80.0 Å². The van der Waals surface area contributed by atoms with Crippen LogP contribution in [-0.4, -0.2) is 86.7 Å². The number of hydrogen-bond donors (Lipinski definition) is 1. The van der Waals surface area contributed by atoms with Gasteiger partial charge >= 0.3 is 0 Å². The standard InChI is InChI=1S/C33H41N7O3/c1-21-27-8-7-25(33(42)38-13-3-4-26(34)19-38)18-40(27)36-30(21)28-16-24-9-12-35-31(32(24)39(28)17-22-5-6-22)23-10-14-37(15-11-23)29(41)20-43-2/h7-9,12,16,18,22-23,26H,3-6,10-11,13-15,17,19-20,34H2,1-2H3. The number of pyridine rings is 2. The summed E-state index contributed by atoms with van der Waals surface area (Å²) in [4.78, 5) is 34.4. The molecular formula is C33H41N7O3. The Balaban J connectivity index is 1.25. The zero-order valence-corrected chi connectivity index (χ0v) is 25.2. The molecular weight excluding hydrogens is 542 g/mol. The van der Waals surface area contributed by atoms with E-state index in [-0.39, 0.29) is 30.4 Å². The molecule has 1 saturated carbocycles. The molecule has 10 nitrogen and oxygen atoms in total. The highest BCUT2D eigenvalue weighted by atomic mass is 16.5. The van der Waals surface area contributed by atoms with Gasteiger partial charge < -0.3 is 24.8 Å². The lowest BCUT2D eigenvalue weighted by molar-refractivity contribution is -0.136. The molecule has 43 heavy (non-hydrogen) atoms. The van der Waals surface area contributed by atoms with E-state index < -0.39 is 0 Å². The molecule has 0 aromatic carbocycles. The van der Waals surface area contributed by atoms with Gasteiger partial charge in [0.1, 0.15) is 12.3 Å². The second-order valence-electron chi connectivity index (χ2n) is 12.7. The van der Waals surface area contributed by atoms with Crippen LogP contribution in [0, 0.1) is 12.8 Å². The van der Waals surface area contributed by atoms with Crippen LogP contribution in [0.25, 0.3) is 27.8 Å². The predicted molar refractivity (Wildman–Crippen MR) is 165 cm³/mol. The van der Waals surface area contributed by atoms with Crippen LogP contribution in [0.15, 0.2) is 36.7 Å². The van der Waals surface area contributed by atoms with Gasteiger partial charge in [0.25, 0.3) is 5.91 Å². The fourth-order valence-corrected chi connectivity index (χ4v) is 7.02. The average Bonchev–Trinajstić information content (AvgIpc) is 3.69. The van der Waals surface area contributed by atoms with Crippen LogP contribution in [0.4, 0.5) is 0 Å². The van der Waals surface area contributed by atoms with Gasteiger partial charge in [0.15, 0.2) is 0 Å². The number of rotatable bonds is 7. The molecule has 226 valence electrons. The number of ether oxygens (including phenoxy) is 1. The fourth-order valence-electron chi connectivity index (χ4n) is 7.02. The molecule has 2 aliphatic heterocycles. The number of aromatic nitrogens is 4. The molecule has 2 amide bonds. The molecule has 4 aromatic heterocycles. The summed E-state index contributed by atoms with van der Waals surface area (Å²) in [6, 6.07) is 8.34. The van der Waals surface area contributed by atoms with E-state index in [2.05, 4.69) is 23.6 Å². The largest absolute Gasteiger partial charge is 0.375 e. The number of amides is 2. The third-order valence-electron chi connectivity index (χ3n) is 9.59. The van der Waals surface area contributed by atoms with Gasteiger partial charge in [-0.05, 0) is 75.6 Å². The number of nitrogens with two attached hydrogens (primary N) is 1. The lowest BCUT2D eigenvalue weighted by atomic mass is 9.92. The molecule has 4 aromatic rings. The van der Waals surface area contributed by atoms with Crippen LogP contribution in [0.2, 0.25) is 0 Å². The van der Waals surface area contributed by atoms with Gasteiger partial charge in [-0.25, -0.2) is 4.52 Å². The summed E-state index contributed by atoms with van der Waals surface area (Å²) in [6.07, 6.45) is 9.95. The first kappa shape index (κ1) is 28.0. The molecule has 0 radical (unpaired) electrons. The first-order chi connectivity index (χ1) is 20.9. The minimum atomic E-state index is 0.0142. The first-order valence-corrected chi connectivity index (χ1v) is 15.7. The Hall–Kier alpha value is -3.76. The van der Waals surface area contributed by atoms with E-state index in [0.29, 0.717) is 18.0 Å². The topological polar surface area (TPSA) is 111 Å². The number of fused-ring (bicyclic) bond motifs is 2.